The number of ether oxygens (including phenoxy) is 1. The SMILES string of the molecule is COc1ccc2ncc(CO)c([C@H](F)CCC3(C(=O)O)CCN(CC#Cc4cc(F)cc(F)c4F)CC3)c2c1. The number of carboxylic acids is 1. The summed E-state index contributed by atoms with van der Waals surface area (Å²) in [7, 11) is 1.49. The number of fused-ring (bicyclic) bond motifs is 1. The molecule has 0 saturated carbocycles. The molecule has 2 aromatic carbocycles. The van der Waals surface area contributed by atoms with Crippen LogP contribution in [0.25, 0.3) is 10.9 Å². The van der Waals surface area contributed by atoms with Gasteiger partial charge in [-0.3, -0.25) is 14.7 Å². The number of carboxylic acid groups (broad SMARTS) is 1. The largest absolute Gasteiger partial charge is 0.497 e. The molecule has 0 amide bonds. The number of aliphatic hydroxyl groups excluding tert-OH is 1. The Bertz CT molecular complexity index is 1420. The number of benzene rings is 2. The van der Waals surface area contributed by atoms with Gasteiger partial charge in [0.1, 0.15) is 17.7 Å². The number of likely N-dealkylation sites (tertiary alicyclic amines) is 1. The van der Waals surface area contributed by atoms with Crippen molar-refractivity contribution in [2.45, 2.75) is 38.5 Å². The Morgan fingerprint density at radius 3 is 2.62 bits per heavy atom. The quantitative estimate of drug-likeness (QED) is 0.232. The molecule has 2 N–H and O–H groups in total. The fraction of sp³-hybridized carbons (Fsp3) is 0.379. The molecule has 1 saturated heterocycles. The summed E-state index contributed by atoms with van der Waals surface area (Å²) in [6, 6.07) is 6.31. The van der Waals surface area contributed by atoms with E-state index in [0.717, 1.165) is 6.07 Å². The van der Waals surface area contributed by atoms with Crippen molar-refractivity contribution < 1.29 is 37.3 Å². The number of aliphatic hydroxyl groups is 1. The van der Waals surface area contributed by atoms with E-state index in [1.54, 1.807) is 18.2 Å². The first-order chi connectivity index (χ1) is 18.7. The number of hydrogen-bond donors (Lipinski definition) is 2. The highest BCUT2D eigenvalue weighted by Crippen LogP contribution is 2.41. The molecular weight excluding hydrogens is 516 g/mol. The summed E-state index contributed by atoms with van der Waals surface area (Å²) < 4.78 is 61.5. The van der Waals surface area contributed by atoms with Crippen LogP contribution >= 0.6 is 0 Å². The lowest BCUT2D eigenvalue weighted by Crippen LogP contribution is -2.44. The van der Waals surface area contributed by atoms with E-state index in [-0.39, 0.29) is 43.4 Å². The zero-order valence-electron chi connectivity index (χ0n) is 21.3. The second kappa shape index (κ2) is 12.0. The number of carbonyl (C=O) groups is 1. The van der Waals surface area contributed by atoms with Gasteiger partial charge in [-0.2, -0.15) is 0 Å². The summed E-state index contributed by atoms with van der Waals surface area (Å²) in [5, 5.41) is 20.4. The fourth-order valence-corrected chi connectivity index (χ4v) is 5.01. The van der Waals surface area contributed by atoms with E-state index < -0.39 is 41.6 Å². The van der Waals surface area contributed by atoms with Gasteiger partial charge in [0.25, 0.3) is 0 Å². The molecule has 0 aliphatic carbocycles. The third kappa shape index (κ3) is 6.15. The Balaban J connectivity index is 1.44. The van der Waals surface area contributed by atoms with Gasteiger partial charge in [0.05, 0.1) is 36.8 Å². The molecule has 0 bridgehead atoms. The standard InChI is InChI=1S/C29H28F4N2O4/c1-39-21-4-5-25-22(15-21)26(19(17-36)16-34-25)23(31)6-7-29(28(37)38)8-11-35(12-9-29)10-2-3-18-13-20(30)14-24(32)27(18)33/h4-5,13-16,23,36H,6-12,17H2,1H3,(H,37,38)/t23-/m1/s1. The molecule has 6 nitrogen and oxygen atoms in total. The Kier molecular flexibility index (Phi) is 8.73. The average Bonchev–Trinajstić information content (AvgIpc) is 2.93. The maximum absolute atomic E-state index is 15.7. The summed E-state index contributed by atoms with van der Waals surface area (Å²) in [5.74, 6) is 1.14. The van der Waals surface area contributed by atoms with Gasteiger partial charge in [-0.15, -0.1) is 0 Å². The van der Waals surface area contributed by atoms with E-state index in [1.807, 2.05) is 4.90 Å². The highest BCUT2D eigenvalue weighted by molar-refractivity contribution is 5.85. The predicted molar refractivity (Wildman–Crippen MR) is 136 cm³/mol. The molecule has 206 valence electrons. The number of nitrogens with zero attached hydrogens (tertiary/aromatic N) is 2. The maximum Gasteiger partial charge on any atom is 0.309 e. The third-order valence-electron chi connectivity index (χ3n) is 7.34. The Labute approximate surface area is 223 Å². The molecule has 1 aliphatic rings. The van der Waals surface area contributed by atoms with Gasteiger partial charge in [-0.25, -0.2) is 17.6 Å². The van der Waals surface area contributed by atoms with Crippen LogP contribution in [0.15, 0.2) is 36.5 Å². The summed E-state index contributed by atoms with van der Waals surface area (Å²) in [5.41, 5.74) is -0.395. The van der Waals surface area contributed by atoms with Gasteiger partial charge in [0.15, 0.2) is 11.6 Å². The first kappa shape index (κ1) is 28.3. The molecule has 4 rings (SSSR count). The van der Waals surface area contributed by atoms with Gasteiger partial charge in [0, 0.05) is 41.9 Å². The highest BCUT2D eigenvalue weighted by atomic mass is 19.2. The number of alkyl halides is 1. The van der Waals surface area contributed by atoms with E-state index in [1.165, 1.54) is 13.3 Å². The number of halogens is 4. The Morgan fingerprint density at radius 2 is 1.95 bits per heavy atom. The van der Waals surface area contributed by atoms with Gasteiger partial charge >= 0.3 is 5.97 Å². The average molecular weight is 545 g/mol. The van der Waals surface area contributed by atoms with Crippen molar-refractivity contribution in [3.05, 3.63) is 70.7 Å². The van der Waals surface area contributed by atoms with Crippen molar-refractivity contribution >= 4 is 16.9 Å². The first-order valence-corrected chi connectivity index (χ1v) is 12.5. The number of aliphatic carboxylic acids is 1. The van der Waals surface area contributed by atoms with Crippen molar-refractivity contribution in [3.8, 4) is 17.6 Å². The van der Waals surface area contributed by atoms with Crippen molar-refractivity contribution in [3.63, 3.8) is 0 Å². The van der Waals surface area contributed by atoms with Crippen molar-refractivity contribution in [1.29, 1.82) is 0 Å². The third-order valence-corrected chi connectivity index (χ3v) is 7.34. The van der Waals surface area contributed by atoms with Crippen LogP contribution in [0.4, 0.5) is 17.6 Å². The fourth-order valence-electron chi connectivity index (χ4n) is 5.01. The Hall–Kier alpha value is -3.68. The van der Waals surface area contributed by atoms with Gasteiger partial charge in [-0.05, 0) is 49.9 Å². The lowest BCUT2D eigenvalue weighted by atomic mass is 9.74. The molecule has 39 heavy (non-hydrogen) atoms. The van der Waals surface area contributed by atoms with Crippen LogP contribution < -0.4 is 4.74 Å². The first-order valence-electron chi connectivity index (χ1n) is 12.5. The van der Waals surface area contributed by atoms with Crippen molar-refractivity contribution in [1.82, 2.24) is 9.88 Å². The van der Waals surface area contributed by atoms with Gasteiger partial charge in [0.2, 0.25) is 0 Å². The number of hydrogen-bond acceptors (Lipinski definition) is 5. The van der Waals surface area contributed by atoms with Crippen molar-refractivity contribution in [2.75, 3.05) is 26.7 Å². The lowest BCUT2D eigenvalue weighted by Gasteiger charge is -2.38. The minimum absolute atomic E-state index is 0.0696. The Morgan fingerprint density at radius 1 is 1.21 bits per heavy atom. The molecule has 0 unspecified atom stereocenters. The predicted octanol–water partition coefficient (Wildman–Crippen LogP) is 5.16. The number of pyridine rings is 1. The minimum Gasteiger partial charge on any atom is -0.497 e. The molecule has 2 heterocycles. The molecule has 0 spiro atoms. The molecule has 1 aromatic heterocycles. The zero-order valence-corrected chi connectivity index (χ0v) is 21.3. The minimum atomic E-state index is -1.54. The molecule has 1 aliphatic heterocycles. The van der Waals surface area contributed by atoms with Gasteiger partial charge < -0.3 is 14.9 Å². The van der Waals surface area contributed by atoms with Crippen LogP contribution in [0, 0.1) is 34.7 Å². The summed E-state index contributed by atoms with van der Waals surface area (Å²) in [6.45, 7) is 0.455. The molecule has 1 atom stereocenters. The molecule has 10 heteroatoms. The number of aromatic nitrogens is 1. The van der Waals surface area contributed by atoms with Crippen molar-refractivity contribution in [2.24, 2.45) is 5.41 Å². The number of rotatable bonds is 8. The smallest absolute Gasteiger partial charge is 0.309 e. The van der Waals surface area contributed by atoms with E-state index in [0.29, 0.717) is 41.4 Å². The van der Waals surface area contributed by atoms with Crippen LogP contribution in [0.5, 0.6) is 5.75 Å². The van der Waals surface area contributed by atoms with Crippen LogP contribution in [0.1, 0.15) is 48.5 Å². The van der Waals surface area contributed by atoms with E-state index in [9.17, 15) is 28.2 Å². The van der Waals surface area contributed by atoms with E-state index >= 15 is 4.39 Å². The summed E-state index contributed by atoms with van der Waals surface area (Å²) in [4.78, 5) is 18.4. The topological polar surface area (TPSA) is 82.9 Å². The molecule has 0 radical (unpaired) electrons. The van der Waals surface area contributed by atoms with Crippen LogP contribution in [0.2, 0.25) is 0 Å². The zero-order chi connectivity index (χ0) is 28.2. The number of methoxy groups -OCH3 is 1. The van der Waals surface area contributed by atoms with E-state index in [4.69, 9.17) is 4.74 Å². The lowest BCUT2D eigenvalue weighted by molar-refractivity contribution is -0.152. The second-order valence-electron chi connectivity index (χ2n) is 9.66. The van der Waals surface area contributed by atoms with Crippen LogP contribution in [0.3, 0.4) is 0 Å². The normalized spacial score (nSPS) is 15.9. The molecule has 3 aromatic rings. The highest BCUT2D eigenvalue weighted by Gasteiger charge is 2.41. The molecule has 1 fully saturated rings. The number of piperidine rings is 1. The summed E-state index contributed by atoms with van der Waals surface area (Å²) in [6.07, 6.45) is 0.392. The monoisotopic (exact) mass is 544 g/mol. The molecular formula is C29H28F4N2O4. The second-order valence-corrected chi connectivity index (χ2v) is 9.66. The summed E-state index contributed by atoms with van der Waals surface area (Å²) >= 11 is 0. The van der Waals surface area contributed by atoms with Crippen LogP contribution in [-0.2, 0) is 11.4 Å². The maximum atomic E-state index is 15.7. The van der Waals surface area contributed by atoms with E-state index in [2.05, 4.69) is 16.8 Å². The van der Waals surface area contributed by atoms with Crippen LogP contribution in [-0.4, -0.2) is 52.8 Å². The van der Waals surface area contributed by atoms with Gasteiger partial charge in [-0.1, -0.05) is 11.8 Å².